The summed E-state index contributed by atoms with van der Waals surface area (Å²) in [5.74, 6) is 0.727. The summed E-state index contributed by atoms with van der Waals surface area (Å²) in [6, 6.07) is 9.15. The lowest BCUT2D eigenvalue weighted by Crippen LogP contribution is -2.41. The Morgan fingerprint density at radius 2 is 2.28 bits per heavy atom. The number of amides is 1. The van der Waals surface area contributed by atoms with Crippen molar-refractivity contribution in [3.05, 3.63) is 57.2 Å². The SMILES string of the molecule is CC1CN(c2ccc(CNC(=O)c3ccc(Br)cc3Cl)cn2)CCO1. The Bertz CT molecular complexity index is 754. The fourth-order valence-electron chi connectivity index (χ4n) is 2.69. The van der Waals surface area contributed by atoms with E-state index in [9.17, 15) is 4.79 Å². The van der Waals surface area contributed by atoms with Gasteiger partial charge in [0.2, 0.25) is 0 Å². The van der Waals surface area contributed by atoms with Gasteiger partial charge in [-0.15, -0.1) is 0 Å². The fourth-order valence-corrected chi connectivity index (χ4v) is 3.45. The molecular weight excluding hydrogens is 406 g/mol. The van der Waals surface area contributed by atoms with Gasteiger partial charge in [0.1, 0.15) is 5.82 Å². The Morgan fingerprint density at radius 3 is 2.96 bits per heavy atom. The van der Waals surface area contributed by atoms with Gasteiger partial charge in [0.15, 0.2) is 0 Å². The molecule has 1 aliphatic heterocycles. The minimum atomic E-state index is -0.205. The third-order valence-electron chi connectivity index (χ3n) is 4.00. The summed E-state index contributed by atoms with van der Waals surface area (Å²) >= 11 is 9.43. The number of nitrogens with one attached hydrogen (secondary N) is 1. The lowest BCUT2D eigenvalue weighted by molar-refractivity contribution is 0.0529. The van der Waals surface area contributed by atoms with Gasteiger partial charge in [0, 0.05) is 30.3 Å². The zero-order valence-corrected chi connectivity index (χ0v) is 16.2. The highest BCUT2D eigenvalue weighted by atomic mass is 79.9. The van der Waals surface area contributed by atoms with E-state index in [1.54, 1.807) is 24.4 Å². The van der Waals surface area contributed by atoms with Crippen LogP contribution >= 0.6 is 27.5 Å². The summed E-state index contributed by atoms with van der Waals surface area (Å²) in [5.41, 5.74) is 1.39. The molecule has 3 rings (SSSR count). The van der Waals surface area contributed by atoms with Crippen LogP contribution in [-0.2, 0) is 11.3 Å². The van der Waals surface area contributed by atoms with Gasteiger partial charge in [-0.3, -0.25) is 4.79 Å². The highest BCUT2D eigenvalue weighted by Crippen LogP contribution is 2.21. The maximum absolute atomic E-state index is 12.2. The summed E-state index contributed by atoms with van der Waals surface area (Å²) in [5, 5.41) is 3.29. The molecule has 25 heavy (non-hydrogen) atoms. The summed E-state index contributed by atoms with van der Waals surface area (Å²) < 4.78 is 6.39. The van der Waals surface area contributed by atoms with Gasteiger partial charge in [0.25, 0.3) is 5.91 Å². The van der Waals surface area contributed by atoms with E-state index in [0.29, 0.717) is 23.7 Å². The van der Waals surface area contributed by atoms with Crippen LogP contribution in [0.15, 0.2) is 41.0 Å². The van der Waals surface area contributed by atoms with Gasteiger partial charge in [-0.1, -0.05) is 33.6 Å². The molecule has 1 aromatic carbocycles. The van der Waals surface area contributed by atoms with Crippen molar-refractivity contribution >= 4 is 39.3 Å². The number of nitrogens with zero attached hydrogens (tertiary/aromatic N) is 2. The second kappa shape index (κ2) is 8.17. The number of hydrogen-bond donors (Lipinski definition) is 1. The van der Waals surface area contributed by atoms with E-state index in [4.69, 9.17) is 16.3 Å². The molecule has 1 amide bonds. The van der Waals surface area contributed by atoms with Gasteiger partial charge in [-0.2, -0.15) is 0 Å². The van der Waals surface area contributed by atoms with Crippen molar-refractivity contribution in [2.45, 2.75) is 19.6 Å². The molecule has 1 aliphatic rings. The second-order valence-electron chi connectivity index (χ2n) is 5.96. The van der Waals surface area contributed by atoms with E-state index in [2.05, 4.69) is 38.1 Å². The molecule has 7 heteroatoms. The first-order valence-electron chi connectivity index (χ1n) is 8.07. The third kappa shape index (κ3) is 4.71. The molecule has 5 nitrogen and oxygen atoms in total. The number of carbonyl (C=O) groups excluding carboxylic acids is 1. The van der Waals surface area contributed by atoms with Gasteiger partial charge in [-0.25, -0.2) is 4.98 Å². The molecule has 2 heterocycles. The van der Waals surface area contributed by atoms with E-state index >= 15 is 0 Å². The minimum absolute atomic E-state index is 0.205. The van der Waals surface area contributed by atoms with Gasteiger partial charge < -0.3 is 15.0 Å². The number of ether oxygens (including phenoxy) is 1. The lowest BCUT2D eigenvalue weighted by Gasteiger charge is -2.32. The molecule has 0 saturated carbocycles. The molecule has 0 radical (unpaired) electrons. The fraction of sp³-hybridized carbons (Fsp3) is 0.333. The maximum atomic E-state index is 12.2. The van der Waals surface area contributed by atoms with E-state index in [1.165, 1.54) is 0 Å². The molecule has 1 N–H and O–H groups in total. The first-order chi connectivity index (χ1) is 12.0. The number of halogens is 2. The summed E-state index contributed by atoms with van der Waals surface area (Å²) in [7, 11) is 0. The molecule has 1 saturated heterocycles. The number of carbonyl (C=O) groups is 1. The van der Waals surface area contributed by atoms with Crippen molar-refractivity contribution < 1.29 is 9.53 Å². The quantitative estimate of drug-likeness (QED) is 0.814. The van der Waals surface area contributed by atoms with E-state index in [-0.39, 0.29) is 12.0 Å². The maximum Gasteiger partial charge on any atom is 0.253 e. The Morgan fingerprint density at radius 1 is 1.44 bits per heavy atom. The van der Waals surface area contributed by atoms with Crippen LogP contribution < -0.4 is 10.2 Å². The van der Waals surface area contributed by atoms with E-state index in [0.717, 1.165) is 28.9 Å². The number of rotatable bonds is 4. The molecule has 132 valence electrons. The Hall–Kier alpha value is -1.63. The molecule has 0 aliphatic carbocycles. The van der Waals surface area contributed by atoms with Crippen LogP contribution in [0.3, 0.4) is 0 Å². The van der Waals surface area contributed by atoms with Crippen molar-refractivity contribution in [3.63, 3.8) is 0 Å². The van der Waals surface area contributed by atoms with Crippen molar-refractivity contribution in [2.24, 2.45) is 0 Å². The predicted molar refractivity (Wildman–Crippen MR) is 102 cm³/mol. The van der Waals surface area contributed by atoms with E-state index < -0.39 is 0 Å². The van der Waals surface area contributed by atoms with Crippen LogP contribution in [0, 0.1) is 0 Å². The summed E-state index contributed by atoms with van der Waals surface area (Å²) in [6.45, 7) is 4.86. The molecule has 0 bridgehead atoms. The molecule has 0 spiro atoms. The molecule has 2 aromatic rings. The molecule has 1 fully saturated rings. The van der Waals surface area contributed by atoms with E-state index in [1.807, 2.05) is 12.1 Å². The average Bonchev–Trinajstić information content (AvgIpc) is 2.60. The van der Waals surface area contributed by atoms with Crippen molar-refractivity contribution in [2.75, 3.05) is 24.6 Å². The largest absolute Gasteiger partial charge is 0.375 e. The van der Waals surface area contributed by atoms with Crippen LogP contribution in [-0.4, -0.2) is 36.7 Å². The number of benzene rings is 1. The normalized spacial score (nSPS) is 17.4. The zero-order chi connectivity index (χ0) is 17.8. The zero-order valence-electron chi connectivity index (χ0n) is 13.8. The monoisotopic (exact) mass is 423 g/mol. The molecular formula is C18H19BrClN3O2. The lowest BCUT2D eigenvalue weighted by atomic mass is 10.2. The topological polar surface area (TPSA) is 54.5 Å². The van der Waals surface area contributed by atoms with Crippen molar-refractivity contribution in [1.29, 1.82) is 0 Å². The summed E-state index contributed by atoms with van der Waals surface area (Å²) in [4.78, 5) is 19.0. The Kier molecular flexibility index (Phi) is 5.93. The van der Waals surface area contributed by atoms with Crippen molar-refractivity contribution in [3.8, 4) is 0 Å². The van der Waals surface area contributed by atoms with Gasteiger partial charge in [-0.05, 0) is 36.8 Å². The van der Waals surface area contributed by atoms with Crippen LogP contribution in [0.25, 0.3) is 0 Å². The Labute approximate surface area is 160 Å². The first kappa shape index (κ1) is 18.2. The minimum Gasteiger partial charge on any atom is -0.375 e. The van der Waals surface area contributed by atoms with Crippen LogP contribution in [0.5, 0.6) is 0 Å². The van der Waals surface area contributed by atoms with Crippen LogP contribution in [0.4, 0.5) is 5.82 Å². The highest BCUT2D eigenvalue weighted by molar-refractivity contribution is 9.10. The van der Waals surface area contributed by atoms with Gasteiger partial charge >= 0.3 is 0 Å². The molecule has 1 atom stereocenters. The number of pyridine rings is 1. The average molecular weight is 425 g/mol. The smallest absolute Gasteiger partial charge is 0.253 e. The van der Waals surface area contributed by atoms with Crippen LogP contribution in [0.1, 0.15) is 22.8 Å². The number of anilines is 1. The summed E-state index contributed by atoms with van der Waals surface area (Å²) in [6.07, 6.45) is 2.00. The predicted octanol–water partition coefficient (Wildman–Crippen LogP) is 3.65. The standard InChI is InChI=1S/C18H19BrClN3O2/c1-12-11-23(6-7-25-12)17-5-2-13(9-21-17)10-22-18(24)15-4-3-14(19)8-16(15)20/h2-5,8-9,12H,6-7,10-11H2,1H3,(H,22,24). The first-order valence-corrected chi connectivity index (χ1v) is 9.25. The number of hydrogen-bond acceptors (Lipinski definition) is 4. The highest BCUT2D eigenvalue weighted by Gasteiger charge is 2.17. The molecule has 1 aromatic heterocycles. The Balaban J connectivity index is 1.59. The van der Waals surface area contributed by atoms with Crippen LogP contribution in [0.2, 0.25) is 5.02 Å². The van der Waals surface area contributed by atoms with Crippen molar-refractivity contribution in [1.82, 2.24) is 10.3 Å². The third-order valence-corrected chi connectivity index (χ3v) is 4.81. The molecule has 1 unspecified atom stereocenters. The number of morpholine rings is 1. The second-order valence-corrected chi connectivity index (χ2v) is 7.28. The number of aromatic nitrogens is 1. The van der Waals surface area contributed by atoms with Gasteiger partial charge in [0.05, 0.1) is 23.3 Å².